The SMILES string of the molecule is CC(C)(C)C=Nc1ccc(N=CC(C)(C)C)cc1. The van der Waals surface area contributed by atoms with Gasteiger partial charge in [-0.15, -0.1) is 0 Å². The zero-order valence-electron chi connectivity index (χ0n) is 12.4. The molecule has 1 rings (SSSR count). The molecule has 0 spiro atoms. The van der Waals surface area contributed by atoms with Gasteiger partial charge in [-0.05, 0) is 35.1 Å². The van der Waals surface area contributed by atoms with E-state index in [-0.39, 0.29) is 10.8 Å². The van der Waals surface area contributed by atoms with Crippen LogP contribution < -0.4 is 0 Å². The summed E-state index contributed by atoms with van der Waals surface area (Å²) in [5.74, 6) is 0. The summed E-state index contributed by atoms with van der Waals surface area (Å²) in [5.41, 5.74) is 2.17. The quantitative estimate of drug-likeness (QED) is 0.640. The molecule has 0 bridgehead atoms. The third-order valence-corrected chi connectivity index (χ3v) is 2.05. The summed E-state index contributed by atoms with van der Waals surface area (Å²) < 4.78 is 0. The Hall–Kier alpha value is -1.44. The molecule has 0 saturated heterocycles. The molecule has 0 amide bonds. The molecule has 98 valence electrons. The van der Waals surface area contributed by atoms with Gasteiger partial charge in [0.05, 0.1) is 11.4 Å². The lowest BCUT2D eigenvalue weighted by molar-refractivity contribution is 0.607. The van der Waals surface area contributed by atoms with Crippen molar-refractivity contribution in [2.24, 2.45) is 20.8 Å². The summed E-state index contributed by atoms with van der Waals surface area (Å²) >= 11 is 0. The first-order valence-corrected chi connectivity index (χ1v) is 6.36. The number of nitrogens with zero attached hydrogens (tertiary/aromatic N) is 2. The van der Waals surface area contributed by atoms with Gasteiger partial charge in [0.15, 0.2) is 0 Å². The third-order valence-electron chi connectivity index (χ3n) is 2.05. The highest BCUT2D eigenvalue weighted by Gasteiger charge is 2.05. The van der Waals surface area contributed by atoms with E-state index in [9.17, 15) is 0 Å². The van der Waals surface area contributed by atoms with E-state index in [2.05, 4.69) is 51.5 Å². The van der Waals surface area contributed by atoms with Crippen LogP contribution in [0, 0.1) is 10.8 Å². The number of benzene rings is 1. The summed E-state index contributed by atoms with van der Waals surface area (Å²) in [6.07, 6.45) is 3.95. The van der Waals surface area contributed by atoms with Crippen molar-refractivity contribution in [1.29, 1.82) is 0 Å². The van der Waals surface area contributed by atoms with Crippen molar-refractivity contribution in [2.75, 3.05) is 0 Å². The molecule has 0 atom stereocenters. The second kappa shape index (κ2) is 5.47. The van der Waals surface area contributed by atoms with Crippen LogP contribution in [0.2, 0.25) is 0 Å². The average molecular weight is 244 g/mol. The van der Waals surface area contributed by atoms with E-state index in [1.165, 1.54) is 0 Å². The van der Waals surface area contributed by atoms with Gasteiger partial charge < -0.3 is 0 Å². The maximum Gasteiger partial charge on any atom is 0.0627 e. The van der Waals surface area contributed by atoms with Gasteiger partial charge in [0, 0.05) is 12.4 Å². The van der Waals surface area contributed by atoms with Gasteiger partial charge in [-0.1, -0.05) is 41.5 Å². The molecule has 0 unspecified atom stereocenters. The Bertz CT molecular complexity index is 383. The van der Waals surface area contributed by atoms with E-state index in [0.29, 0.717) is 0 Å². The molecular weight excluding hydrogens is 220 g/mol. The lowest BCUT2D eigenvalue weighted by atomic mass is 9.99. The van der Waals surface area contributed by atoms with E-state index < -0.39 is 0 Å². The van der Waals surface area contributed by atoms with Gasteiger partial charge >= 0.3 is 0 Å². The summed E-state index contributed by atoms with van der Waals surface area (Å²) in [6.45, 7) is 12.8. The number of hydrogen-bond acceptors (Lipinski definition) is 2. The first kappa shape index (κ1) is 14.6. The van der Waals surface area contributed by atoms with Crippen LogP contribution in [-0.2, 0) is 0 Å². The van der Waals surface area contributed by atoms with Gasteiger partial charge in [0.25, 0.3) is 0 Å². The summed E-state index contributed by atoms with van der Waals surface area (Å²) in [7, 11) is 0. The normalized spacial score (nSPS) is 13.7. The highest BCUT2D eigenvalue weighted by Crippen LogP contribution is 2.21. The Labute approximate surface area is 111 Å². The molecular formula is C16H24N2. The van der Waals surface area contributed by atoms with Gasteiger partial charge in [0.2, 0.25) is 0 Å². The van der Waals surface area contributed by atoms with Crippen LogP contribution in [0.25, 0.3) is 0 Å². The van der Waals surface area contributed by atoms with Crippen LogP contribution in [0.3, 0.4) is 0 Å². The van der Waals surface area contributed by atoms with E-state index in [1.54, 1.807) is 0 Å². The fourth-order valence-corrected chi connectivity index (χ4v) is 1.16. The van der Waals surface area contributed by atoms with Crippen molar-refractivity contribution >= 4 is 23.8 Å². The van der Waals surface area contributed by atoms with E-state index in [1.807, 2.05) is 36.7 Å². The first-order chi connectivity index (χ1) is 8.16. The van der Waals surface area contributed by atoms with Crippen LogP contribution >= 0.6 is 0 Å². The van der Waals surface area contributed by atoms with Gasteiger partial charge in [-0.3, -0.25) is 9.98 Å². The standard InChI is InChI=1S/C16H24N2/c1-15(2,3)11-17-13-7-9-14(10-8-13)18-12-16(4,5)6/h7-12H,1-6H3. The minimum Gasteiger partial charge on any atom is -0.261 e. The van der Waals surface area contributed by atoms with Crippen molar-refractivity contribution in [3.63, 3.8) is 0 Å². The lowest BCUT2D eigenvalue weighted by Gasteiger charge is -2.10. The average Bonchev–Trinajstić information content (AvgIpc) is 2.23. The predicted octanol–water partition coefficient (Wildman–Crippen LogP) is 5.18. The van der Waals surface area contributed by atoms with E-state index in [4.69, 9.17) is 0 Å². The van der Waals surface area contributed by atoms with Crippen molar-refractivity contribution < 1.29 is 0 Å². The molecule has 0 radical (unpaired) electrons. The Morgan fingerprint density at radius 3 is 1.17 bits per heavy atom. The van der Waals surface area contributed by atoms with Crippen LogP contribution in [0.15, 0.2) is 34.3 Å². The second-order valence-electron chi connectivity index (χ2n) is 6.76. The monoisotopic (exact) mass is 244 g/mol. The molecule has 0 aliphatic heterocycles. The van der Waals surface area contributed by atoms with Crippen LogP contribution in [0.4, 0.5) is 11.4 Å². The highest BCUT2D eigenvalue weighted by molar-refractivity contribution is 5.70. The van der Waals surface area contributed by atoms with Gasteiger partial charge in [-0.25, -0.2) is 0 Å². The molecule has 1 aromatic carbocycles. The molecule has 0 aromatic heterocycles. The molecule has 0 N–H and O–H groups in total. The fraction of sp³-hybridized carbons (Fsp3) is 0.500. The van der Waals surface area contributed by atoms with E-state index in [0.717, 1.165) is 11.4 Å². The highest BCUT2D eigenvalue weighted by atomic mass is 14.7. The van der Waals surface area contributed by atoms with Crippen LogP contribution in [0.1, 0.15) is 41.5 Å². The Kier molecular flexibility index (Phi) is 4.44. The Morgan fingerprint density at radius 1 is 0.667 bits per heavy atom. The smallest absolute Gasteiger partial charge is 0.0627 e. The predicted molar refractivity (Wildman–Crippen MR) is 81.7 cm³/mol. The Balaban J connectivity index is 2.75. The summed E-state index contributed by atoms with van der Waals surface area (Å²) in [6, 6.07) is 7.99. The molecule has 0 fully saturated rings. The summed E-state index contributed by atoms with van der Waals surface area (Å²) in [5, 5.41) is 0. The molecule has 2 nitrogen and oxygen atoms in total. The fourth-order valence-electron chi connectivity index (χ4n) is 1.16. The minimum absolute atomic E-state index is 0.114. The van der Waals surface area contributed by atoms with Crippen molar-refractivity contribution in [1.82, 2.24) is 0 Å². The van der Waals surface area contributed by atoms with Crippen molar-refractivity contribution in [3.8, 4) is 0 Å². The van der Waals surface area contributed by atoms with E-state index >= 15 is 0 Å². The molecule has 2 heteroatoms. The lowest BCUT2D eigenvalue weighted by Crippen LogP contribution is -2.05. The topological polar surface area (TPSA) is 24.7 Å². The Morgan fingerprint density at radius 2 is 0.944 bits per heavy atom. The second-order valence-corrected chi connectivity index (χ2v) is 6.76. The third kappa shape index (κ3) is 6.33. The number of rotatable bonds is 2. The zero-order valence-corrected chi connectivity index (χ0v) is 12.4. The number of hydrogen-bond donors (Lipinski definition) is 0. The largest absolute Gasteiger partial charge is 0.261 e. The van der Waals surface area contributed by atoms with Crippen LogP contribution in [-0.4, -0.2) is 12.4 Å². The van der Waals surface area contributed by atoms with Crippen LogP contribution in [0.5, 0.6) is 0 Å². The molecule has 0 aliphatic rings. The number of aliphatic imine (C=N–C) groups is 2. The zero-order chi connectivity index (χ0) is 13.8. The molecule has 0 saturated carbocycles. The van der Waals surface area contributed by atoms with Gasteiger partial charge in [0.1, 0.15) is 0 Å². The first-order valence-electron chi connectivity index (χ1n) is 6.36. The molecule has 0 heterocycles. The van der Waals surface area contributed by atoms with Crippen molar-refractivity contribution in [2.45, 2.75) is 41.5 Å². The van der Waals surface area contributed by atoms with Crippen molar-refractivity contribution in [3.05, 3.63) is 24.3 Å². The van der Waals surface area contributed by atoms with Gasteiger partial charge in [-0.2, -0.15) is 0 Å². The molecule has 1 aromatic rings. The maximum atomic E-state index is 4.45. The summed E-state index contributed by atoms with van der Waals surface area (Å²) in [4.78, 5) is 8.90. The minimum atomic E-state index is 0.114. The molecule has 18 heavy (non-hydrogen) atoms. The maximum absolute atomic E-state index is 4.45. The molecule has 0 aliphatic carbocycles.